The van der Waals surface area contributed by atoms with Crippen LogP contribution in [0.3, 0.4) is 0 Å². The first-order valence-electron chi connectivity index (χ1n) is 8.74. The minimum Gasteiger partial charge on any atom is -0.444 e. The van der Waals surface area contributed by atoms with E-state index in [1.807, 2.05) is 46.0 Å². The highest BCUT2D eigenvalue weighted by molar-refractivity contribution is 5.81. The number of para-hydroxylation sites is 1. The average Bonchev–Trinajstić information content (AvgIpc) is 3.04. The summed E-state index contributed by atoms with van der Waals surface area (Å²) in [6.45, 7) is 10.0. The summed E-state index contributed by atoms with van der Waals surface area (Å²) in [5, 5.41) is 2.82. The van der Waals surface area contributed by atoms with Crippen molar-refractivity contribution in [3.8, 4) is 5.95 Å². The van der Waals surface area contributed by atoms with Crippen molar-refractivity contribution in [3.63, 3.8) is 0 Å². The van der Waals surface area contributed by atoms with Crippen LogP contribution in [0.2, 0.25) is 0 Å². The van der Waals surface area contributed by atoms with E-state index in [0.29, 0.717) is 6.54 Å². The summed E-state index contributed by atoms with van der Waals surface area (Å²) in [6.07, 6.45) is -0.428. The molecule has 0 aliphatic rings. The van der Waals surface area contributed by atoms with Crippen molar-refractivity contribution in [2.45, 2.75) is 46.8 Å². The average molecular weight is 354 g/mol. The number of amides is 1. The number of rotatable bonds is 3. The zero-order chi connectivity index (χ0) is 19.1. The van der Waals surface area contributed by atoms with Crippen LogP contribution in [0.1, 0.15) is 37.7 Å². The van der Waals surface area contributed by atoms with Crippen molar-refractivity contribution >= 4 is 17.1 Å². The molecule has 0 fully saturated rings. The summed E-state index contributed by atoms with van der Waals surface area (Å²) in [5.74, 6) is 0.865. The Kier molecular flexibility index (Phi) is 4.52. The topological polar surface area (TPSA) is 61.1 Å². The predicted octanol–water partition coefficient (Wildman–Crippen LogP) is 4.01. The fraction of sp³-hybridized carbons (Fsp3) is 0.400. The molecular formula is C20H26N4O2. The van der Waals surface area contributed by atoms with E-state index in [0.717, 1.165) is 33.9 Å². The Bertz CT molecular complexity index is 941. The Morgan fingerprint density at radius 2 is 1.81 bits per heavy atom. The van der Waals surface area contributed by atoms with E-state index in [1.54, 1.807) is 0 Å². The van der Waals surface area contributed by atoms with Gasteiger partial charge in [-0.3, -0.25) is 4.57 Å². The zero-order valence-corrected chi connectivity index (χ0v) is 16.3. The molecule has 0 bridgehead atoms. The SMILES string of the molecule is Cc1ccc(C)n1-c1nc2c(CNC(=O)OC(C)(C)C)cccc2n1C. The summed E-state index contributed by atoms with van der Waals surface area (Å²) < 4.78 is 9.52. The number of hydrogen-bond acceptors (Lipinski definition) is 3. The van der Waals surface area contributed by atoms with Crippen molar-refractivity contribution < 1.29 is 9.53 Å². The molecular weight excluding hydrogens is 328 g/mol. The molecule has 6 nitrogen and oxygen atoms in total. The molecule has 0 aliphatic carbocycles. The number of hydrogen-bond donors (Lipinski definition) is 1. The molecule has 0 atom stereocenters. The number of carbonyl (C=O) groups is 1. The summed E-state index contributed by atoms with van der Waals surface area (Å²) >= 11 is 0. The van der Waals surface area contributed by atoms with Crippen LogP contribution in [0.15, 0.2) is 30.3 Å². The van der Waals surface area contributed by atoms with Gasteiger partial charge in [-0.2, -0.15) is 0 Å². The first-order valence-corrected chi connectivity index (χ1v) is 8.74. The fourth-order valence-electron chi connectivity index (χ4n) is 3.07. The summed E-state index contributed by atoms with van der Waals surface area (Å²) in [4.78, 5) is 16.8. The van der Waals surface area contributed by atoms with E-state index < -0.39 is 11.7 Å². The fourth-order valence-corrected chi connectivity index (χ4v) is 3.07. The minimum absolute atomic E-state index is 0.367. The third-order valence-electron chi connectivity index (χ3n) is 4.26. The van der Waals surface area contributed by atoms with E-state index in [4.69, 9.17) is 9.72 Å². The minimum atomic E-state index is -0.516. The lowest BCUT2D eigenvalue weighted by molar-refractivity contribution is 0.0524. The van der Waals surface area contributed by atoms with Gasteiger partial charge in [-0.1, -0.05) is 12.1 Å². The molecule has 26 heavy (non-hydrogen) atoms. The van der Waals surface area contributed by atoms with Crippen molar-refractivity contribution in [1.29, 1.82) is 0 Å². The van der Waals surface area contributed by atoms with Crippen molar-refractivity contribution in [1.82, 2.24) is 19.4 Å². The van der Waals surface area contributed by atoms with Crippen molar-refractivity contribution in [3.05, 3.63) is 47.3 Å². The maximum atomic E-state index is 12.0. The molecule has 0 saturated carbocycles. The Balaban J connectivity index is 1.94. The molecule has 0 radical (unpaired) electrons. The Morgan fingerprint density at radius 1 is 1.15 bits per heavy atom. The molecule has 3 aromatic rings. The Labute approximate surface area is 153 Å². The van der Waals surface area contributed by atoms with Crippen LogP contribution in [-0.4, -0.2) is 25.8 Å². The van der Waals surface area contributed by atoms with Gasteiger partial charge in [0, 0.05) is 25.0 Å². The molecule has 2 heterocycles. The highest BCUT2D eigenvalue weighted by Crippen LogP contribution is 2.23. The maximum absolute atomic E-state index is 12.0. The highest BCUT2D eigenvalue weighted by atomic mass is 16.6. The Morgan fingerprint density at radius 3 is 2.42 bits per heavy atom. The number of aryl methyl sites for hydroxylation is 3. The van der Waals surface area contributed by atoms with Gasteiger partial charge in [-0.05, 0) is 58.4 Å². The van der Waals surface area contributed by atoms with E-state index in [2.05, 4.69) is 40.4 Å². The van der Waals surface area contributed by atoms with Gasteiger partial charge in [0.05, 0.1) is 11.0 Å². The van der Waals surface area contributed by atoms with Crippen molar-refractivity contribution in [2.75, 3.05) is 0 Å². The molecule has 1 N–H and O–H groups in total. The largest absolute Gasteiger partial charge is 0.444 e. The van der Waals surface area contributed by atoms with Gasteiger partial charge in [0.15, 0.2) is 0 Å². The third-order valence-corrected chi connectivity index (χ3v) is 4.26. The van der Waals surface area contributed by atoms with Gasteiger partial charge in [-0.25, -0.2) is 9.78 Å². The first kappa shape index (κ1) is 18.0. The standard InChI is InChI=1S/C20H26N4O2/c1-13-10-11-14(2)24(13)18-22-17-15(8-7-9-16(17)23(18)6)12-21-19(25)26-20(3,4)5/h7-11H,12H2,1-6H3,(H,21,25). The molecule has 138 valence electrons. The lowest BCUT2D eigenvalue weighted by atomic mass is 10.2. The van der Waals surface area contributed by atoms with E-state index in [-0.39, 0.29) is 0 Å². The number of imidazole rings is 1. The number of ether oxygens (including phenoxy) is 1. The second-order valence-electron chi connectivity index (χ2n) is 7.56. The second kappa shape index (κ2) is 6.52. The number of alkyl carbamates (subject to hydrolysis) is 1. The van der Waals surface area contributed by atoms with Gasteiger partial charge in [0.25, 0.3) is 0 Å². The van der Waals surface area contributed by atoms with Crippen LogP contribution >= 0.6 is 0 Å². The molecule has 6 heteroatoms. The number of aromatic nitrogens is 3. The van der Waals surface area contributed by atoms with Crippen LogP contribution in [-0.2, 0) is 18.3 Å². The van der Waals surface area contributed by atoms with Gasteiger partial charge in [0.1, 0.15) is 5.60 Å². The number of benzene rings is 1. The van der Waals surface area contributed by atoms with Crippen LogP contribution < -0.4 is 5.32 Å². The molecule has 1 aromatic carbocycles. The molecule has 1 amide bonds. The predicted molar refractivity (Wildman–Crippen MR) is 103 cm³/mol. The third kappa shape index (κ3) is 3.45. The monoisotopic (exact) mass is 354 g/mol. The van der Waals surface area contributed by atoms with Crippen molar-refractivity contribution in [2.24, 2.45) is 7.05 Å². The molecule has 3 rings (SSSR count). The van der Waals surface area contributed by atoms with Crippen LogP contribution in [0, 0.1) is 13.8 Å². The zero-order valence-electron chi connectivity index (χ0n) is 16.3. The normalized spacial score (nSPS) is 11.8. The number of carbonyl (C=O) groups excluding carboxylic acids is 1. The molecule has 0 saturated heterocycles. The number of nitrogens with one attached hydrogen (secondary N) is 1. The lowest BCUT2D eigenvalue weighted by Crippen LogP contribution is -2.32. The molecule has 2 aromatic heterocycles. The molecule has 0 unspecified atom stereocenters. The van der Waals surface area contributed by atoms with E-state index >= 15 is 0 Å². The number of fused-ring (bicyclic) bond motifs is 1. The summed E-state index contributed by atoms with van der Waals surface area (Å²) in [7, 11) is 2.01. The van der Waals surface area contributed by atoms with Crippen LogP contribution in [0.4, 0.5) is 4.79 Å². The van der Waals surface area contributed by atoms with Crippen LogP contribution in [0.5, 0.6) is 0 Å². The van der Waals surface area contributed by atoms with E-state index in [1.165, 1.54) is 0 Å². The maximum Gasteiger partial charge on any atom is 0.407 e. The highest BCUT2D eigenvalue weighted by Gasteiger charge is 2.18. The van der Waals surface area contributed by atoms with Gasteiger partial charge >= 0.3 is 6.09 Å². The number of nitrogens with zero attached hydrogens (tertiary/aromatic N) is 3. The first-order chi connectivity index (χ1) is 12.2. The second-order valence-corrected chi connectivity index (χ2v) is 7.56. The summed E-state index contributed by atoms with van der Waals surface area (Å²) in [6, 6.07) is 10.2. The van der Waals surface area contributed by atoms with Gasteiger partial charge in [-0.15, -0.1) is 0 Å². The van der Waals surface area contributed by atoms with Gasteiger partial charge < -0.3 is 14.6 Å². The lowest BCUT2D eigenvalue weighted by Gasteiger charge is -2.19. The van der Waals surface area contributed by atoms with Crippen LogP contribution in [0.25, 0.3) is 17.0 Å². The van der Waals surface area contributed by atoms with Gasteiger partial charge in [0.2, 0.25) is 5.95 Å². The quantitative estimate of drug-likeness (QED) is 0.773. The van der Waals surface area contributed by atoms with E-state index in [9.17, 15) is 4.79 Å². The molecule has 0 spiro atoms. The summed E-state index contributed by atoms with van der Waals surface area (Å²) in [5.41, 5.74) is 4.61. The Hall–Kier alpha value is -2.76. The molecule has 0 aliphatic heterocycles. The smallest absolute Gasteiger partial charge is 0.407 e.